The van der Waals surface area contributed by atoms with Crippen LogP contribution in [0.5, 0.6) is 0 Å². The second kappa shape index (κ2) is 8.60. The third kappa shape index (κ3) is 5.01. The molecule has 1 N–H and O–H groups in total. The quantitative estimate of drug-likeness (QED) is 0.647. The Kier molecular flexibility index (Phi) is 5.98. The number of hydrogen-bond donors (Lipinski definition) is 1. The fourth-order valence-electron chi connectivity index (χ4n) is 2.79. The van der Waals surface area contributed by atoms with Gasteiger partial charge in [0, 0.05) is 24.4 Å². The Balaban J connectivity index is 1.54. The van der Waals surface area contributed by atoms with Gasteiger partial charge in [-0.15, -0.1) is 0 Å². The minimum Gasteiger partial charge on any atom is -0.618 e. The summed E-state index contributed by atoms with van der Waals surface area (Å²) in [5.41, 5.74) is 1.64. The molecule has 1 saturated heterocycles. The lowest BCUT2D eigenvalue weighted by molar-refractivity contribution is -0.607. The number of anilines is 1. The zero-order chi connectivity index (χ0) is 17.5. The number of hydrogen-bond acceptors (Lipinski definition) is 4. The van der Waals surface area contributed by atoms with Gasteiger partial charge in [-0.05, 0) is 43.0 Å². The largest absolute Gasteiger partial charge is 0.618 e. The molecule has 1 unspecified atom stereocenters. The average molecular weight is 342 g/mol. The van der Waals surface area contributed by atoms with E-state index in [4.69, 9.17) is 9.47 Å². The van der Waals surface area contributed by atoms with Gasteiger partial charge in [0.25, 0.3) is 5.69 Å². The molecule has 0 aliphatic carbocycles. The van der Waals surface area contributed by atoms with Crippen LogP contribution < -0.4 is 10.0 Å². The van der Waals surface area contributed by atoms with Gasteiger partial charge in [-0.25, -0.2) is 0 Å². The lowest BCUT2D eigenvalue weighted by atomic mass is 10.1. The zero-order valence-corrected chi connectivity index (χ0v) is 14.0. The van der Waals surface area contributed by atoms with Crippen LogP contribution in [0.4, 0.5) is 5.69 Å². The molecule has 1 amide bonds. The van der Waals surface area contributed by atoms with E-state index in [9.17, 15) is 10.0 Å². The number of nitrogens with one attached hydrogen (secondary N) is 1. The Morgan fingerprint density at radius 1 is 1.28 bits per heavy atom. The second-order valence-corrected chi connectivity index (χ2v) is 6.07. The fourth-order valence-corrected chi connectivity index (χ4v) is 2.79. The molecule has 1 aliphatic heterocycles. The maximum Gasteiger partial charge on any atom is 0.321 e. The summed E-state index contributed by atoms with van der Waals surface area (Å²) in [5, 5.41) is 14.4. The normalized spacial score (nSPS) is 17.2. The molecule has 6 nitrogen and oxygen atoms in total. The van der Waals surface area contributed by atoms with Crippen molar-refractivity contribution in [1.29, 1.82) is 0 Å². The first kappa shape index (κ1) is 17.4. The molecule has 1 fully saturated rings. The molecule has 2 heterocycles. The van der Waals surface area contributed by atoms with Gasteiger partial charge in [0.05, 0.1) is 19.3 Å². The number of carbonyl (C=O) groups excluding carboxylic acids is 1. The lowest BCUT2D eigenvalue weighted by Gasteiger charge is -2.22. The number of ether oxygens (including phenoxy) is 2. The number of benzene rings is 1. The summed E-state index contributed by atoms with van der Waals surface area (Å²) >= 11 is 0. The molecule has 0 spiro atoms. The summed E-state index contributed by atoms with van der Waals surface area (Å²) in [6, 6.07) is 12.1. The van der Waals surface area contributed by atoms with Crippen molar-refractivity contribution in [2.45, 2.75) is 32.0 Å². The predicted molar refractivity (Wildman–Crippen MR) is 93.0 cm³/mol. The standard InChI is InChI=1S/C19H22N2O4/c22-19(18-9-1-3-10-21(18)23)20-16-7-5-6-15(12-16)13-24-14-17-8-2-4-11-25-17/h1,3,5-7,9-10,12,17H,2,4,8,11,13-14H2,(H,20,22). The number of pyridine rings is 1. The van der Waals surface area contributed by atoms with Crippen molar-refractivity contribution in [2.75, 3.05) is 18.5 Å². The van der Waals surface area contributed by atoms with E-state index >= 15 is 0 Å². The van der Waals surface area contributed by atoms with Crippen molar-refractivity contribution in [3.8, 4) is 0 Å². The van der Waals surface area contributed by atoms with E-state index in [1.54, 1.807) is 18.2 Å². The van der Waals surface area contributed by atoms with Crippen LogP contribution in [-0.4, -0.2) is 25.2 Å². The highest BCUT2D eigenvalue weighted by atomic mass is 16.5. The summed E-state index contributed by atoms with van der Waals surface area (Å²) in [6.45, 7) is 1.85. The third-order valence-corrected chi connectivity index (χ3v) is 4.09. The molecule has 1 aliphatic rings. The van der Waals surface area contributed by atoms with Gasteiger partial charge < -0.3 is 20.0 Å². The van der Waals surface area contributed by atoms with Crippen molar-refractivity contribution < 1.29 is 19.0 Å². The molecule has 6 heteroatoms. The Morgan fingerprint density at radius 2 is 2.20 bits per heavy atom. The number of rotatable bonds is 6. The topological polar surface area (TPSA) is 74.5 Å². The number of amides is 1. The maximum absolute atomic E-state index is 12.2. The van der Waals surface area contributed by atoms with Crippen molar-refractivity contribution >= 4 is 11.6 Å². The third-order valence-electron chi connectivity index (χ3n) is 4.09. The minimum atomic E-state index is -0.440. The molecule has 2 aromatic rings. The maximum atomic E-state index is 12.2. The van der Waals surface area contributed by atoms with E-state index < -0.39 is 5.91 Å². The highest BCUT2D eigenvalue weighted by Crippen LogP contribution is 2.15. The Labute approximate surface area is 147 Å². The fraction of sp³-hybridized carbons (Fsp3) is 0.368. The Hall–Kier alpha value is -2.44. The second-order valence-electron chi connectivity index (χ2n) is 6.07. The molecule has 132 valence electrons. The van der Waals surface area contributed by atoms with E-state index in [1.165, 1.54) is 18.7 Å². The summed E-state index contributed by atoms with van der Waals surface area (Å²) in [7, 11) is 0. The number of aromatic nitrogens is 1. The molecule has 3 rings (SSSR count). The first-order valence-electron chi connectivity index (χ1n) is 8.50. The van der Waals surface area contributed by atoms with Crippen molar-refractivity contribution in [2.24, 2.45) is 0 Å². The van der Waals surface area contributed by atoms with Crippen LogP contribution in [-0.2, 0) is 16.1 Å². The van der Waals surface area contributed by atoms with Crippen molar-refractivity contribution in [3.05, 3.63) is 65.1 Å². The smallest absolute Gasteiger partial charge is 0.321 e. The number of carbonyl (C=O) groups is 1. The van der Waals surface area contributed by atoms with Gasteiger partial charge in [0.1, 0.15) is 0 Å². The monoisotopic (exact) mass is 342 g/mol. The van der Waals surface area contributed by atoms with Gasteiger partial charge in [-0.3, -0.25) is 4.79 Å². The van der Waals surface area contributed by atoms with E-state index in [1.807, 2.05) is 18.2 Å². The van der Waals surface area contributed by atoms with Crippen molar-refractivity contribution in [3.63, 3.8) is 0 Å². The molecule has 0 radical (unpaired) electrons. The van der Waals surface area contributed by atoms with Crippen LogP contribution in [0.1, 0.15) is 35.3 Å². The molecule has 1 aromatic carbocycles. The first-order chi connectivity index (χ1) is 12.2. The Morgan fingerprint density at radius 3 is 3.00 bits per heavy atom. The van der Waals surface area contributed by atoms with E-state index in [0.717, 1.165) is 25.0 Å². The summed E-state index contributed by atoms with van der Waals surface area (Å²) in [6.07, 6.45) is 4.84. The molecular formula is C19H22N2O4. The number of nitrogens with zero attached hydrogens (tertiary/aromatic N) is 1. The molecule has 25 heavy (non-hydrogen) atoms. The zero-order valence-electron chi connectivity index (χ0n) is 14.0. The van der Waals surface area contributed by atoms with E-state index in [0.29, 0.717) is 23.6 Å². The van der Waals surface area contributed by atoms with Gasteiger partial charge in [-0.1, -0.05) is 12.1 Å². The average Bonchev–Trinajstić information content (AvgIpc) is 2.63. The molecule has 0 saturated carbocycles. The van der Waals surface area contributed by atoms with Crippen LogP contribution in [0.3, 0.4) is 0 Å². The van der Waals surface area contributed by atoms with Crippen LogP contribution in [0.2, 0.25) is 0 Å². The minimum absolute atomic E-state index is 0.0543. The molecular weight excluding hydrogens is 320 g/mol. The Bertz CT molecular complexity index is 714. The first-order valence-corrected chi connectivity index (χ1v) is 8.50. The summed E-state index contributed by atoms with van der Waals surface area (Å²) in [5.74, 6) is -0.440. The SMILES string of the molecule is O=C(Nc1cccc(COCC2CCCCO2)c1)c1cccc[n+]1[O-]. The van der Waals surface area contributed by atoms with Gasteiger partial charge in [0.2, 0.25) is 0 Å². The van der Waals surface area contributed by atoms with Crippen molar-refractivity contribution in [1.82, 2.24) is 0 Å². The molecule has 1 aromatic heterocycles. The van der Waals surface area contributed by atoms with Crippen LogP contribution in [0.15, 0.2) is 48.7 Å². The van der Waals surface area contributed by atoms with E-state index in [-0.39, 0.29) is 11.8 Å². The highest BCUT2D eigenvalue weighted by molar-refractivity contribution is 6.01. The lowest BCUT2D eigenvalue weighted by Crippen LogP contribution is -2.36. The van der Waals surface area contributed by atoms with E-state index in [2.05, 4.69) is 5.32 Å². The van der Waals surface area contributed by atoms with Gasteiger partial charge in [0.15, 0.2) is 6.20 Å². The molecule has 1 atom stereocenters. The highest BCUT2D eigenvalue weighted by Gasteiger charge is 2.16. The van der Waals surface area contributed by atoms with Gasteiger partial charge in [-0.2, -0.15) is 4.73 Å². The predicted octanol–water partition coefficient (Wildman–Crippen LogP) is 2.66. The van der Waals surface area contributed by atoms with Gasteiger partial charge >= 0.3 is 5.91 Å². The summed E-state index contributed by atoms with van der Waals surface area (Å²) in [4.78, 5) is 12.2. The van der Waals surface area contributed by atoms with Crippen LogP contribution >= 0.6 is 0 Å². The summed E-state index contributed by atoms with van der Waals surface area (Å²) < 4.78 is 11.9. The molecule has 0 bridgehead atoms. The van der Waals surface area contributed by atoms with Crippen LogP contribution in [0.25, 0.3) is 0 Å². The van der Waals surface area contributed by atoms with Crippen LogP contribution in [0, 0.1) is 5.21 Å².